The van der Waals surface area contributed by atoms with Gasteiger partial charge in [-0.15, -0.1) is 0 Å². The highest BCUT2D eigenvalue weighted by Gasteiger charge is 2.13. The van der Waals surface area contributed by atoms with Gasteiger partial charge in [0.05, 0.1) is 11.1 Å². The highest BCUT2D eigenvalue weighted by Crippen LogP contribution is 2.28. The van der Waals surface area contributed by atoms with Gasteiger partial charge in [0.1, 0.15) is 0 Å². The first-order chi connectivity index (χ1) is 7.04. The van der Waals surface area contributed by atoms with Gasteiger partial charge < -0.3 is 10.8 Å². The summed E-state index contributed by atoms with van der Waals surface area (Å²) in [7, 11) is 0. The van der Waals surface area contributed by atoms with E-state index in [2.05, 4.69) is 15.9 Å². The fraction of sp³-hybridized carbons (Fsp3) is 0.455. The molecule has 0 aliphatic rings. The van der Waals surface area contributed by atoms with E-state index in [9.17, 15) is 5.11 Å². The van der Waals surface area contributed by atoms with Crippen molar-refractivity contribution < 1.29 is 5.11 Å². The number of aliphatic hydroxyl groups excluding tert-OH is 1. The first-order valence-electron chi connectivity index (χ1n) is 4.87. The molecule has 0 saturated carbocycles. The standard InChI is InChI=1S/C11H15BrClNO/c1-7(15)4-9(6-14)8-2-3-10(12)11(13)5-8/h2-3,5,7,9,15H,4,6,14H2,1H3. The van der Waals surface area contributed by atoms with Crippen molar-refractivity contribution in [3.63, 3.8) is 0 Å². The molecular weight excluding hydrogens is 277 g/mol. The number of rotatable bonds is 4. The molecule has 2 unspecified atom stereocenters. The minimum atomic E-state index is -0.346. The van der Waals surface area contributed by atoms with E-state index in [1.165, 1.54) is 0 Å². The maximum atomic E-state index is 9.34. The van der Waals surface area contributed by atoms with Crippen LogP contribution < -0.4 is 5.73 Å². The van der Waals surface area contributed by atoms with E-state index in [4.69, 9.17) is 17.3 Å². The van der Waals surface area contributed by atoms with Crippen LogP contribution in [0.2, 0.25) is 5.02 Å². The summed E-state index contributed by atoms with van der Waals surface area (Å²) in [6, 6.07) is 5.78. The van der Waals surface area contributed by atoms with Crippen molar-refractivity contribution in [3.05, 3.63) is 33.3 Å². The Labute approximate surface area is 104 Å². The van der Waals surface area contributed by atoms with Crippen LogP contribution in [0.15, 0.2) is 22.7 Å². The molecular formula is C11H15BrClNO. The molecule has 0 spiro atoms. The third kappa shape index (κ3) is 3.76. The van der Waals surface area contributed by atoms with Crippen molar-refractivity contribution in [2.75, 3.05) is 6.54 Å². The quantitative estimate of drug-likeness (QED) is 0.896. The lowest BCUT2D eigenvalue weighted by molar-refractivity contribution is 0.175. The monoisotopic (exact) mass is 291 g/mol. The Morgan fingerprint density at radius 3 is 2.67 bits per heavy atom. The van der Waals surface area contributed by atoms with E-state index in [1.54, 1.807) is 6.92 Å². The van der Waals surface area contributed by atoms with Crippen LogP contribution in [0.4, 0.5) is 0 Å². The minimum absolute atomic E-state index is 0.163. The molecule has 0 amide bonds. The third-order valence-electron chi connectivity index (χ3n) is 2.33. The van der Waals surface area contributed by atoms with Gasteiger partial charge in [0.25, 0.3) is 0 Å². The maximum Gasteiger partial charge on any atom is 0.0550 e. The summed E-state index contributed by atoms with van der Waals surface area (Å²) in [6.07, 6.45) is 0.315. The fourth-order valence-electron chi connectivity index (χ4n) is 1.55. The Morgan fingerprint density at radius 2 is 2.20 bits per heavy atom. The second-order valence-corrected chi connectivity index (χ2v) is 4.95. The second-order valence-electron chi connectivity index (χ2n) is 3.69. The lowest BCUT2D eigenvalue weighted by atomic mass is 9.94. The van der Waals surface area contributed by atoms with Crippen molar-refractivity contribution in [2.24, 2.45) is 5.73 Å². The average Bonchev–Trinajstić information content (AvgIpc) is 2.18. The predicted octanol–water partition coefficient (Wildman–Crippen LogP) is 2.92. The molecule has 0 aromatic heterocycles. The van der Waals surface area contributed by atoms with Crippen molar-refractivity contribution in [1.82, 2.24) is 0 Å². The SMILES string of the molecule is CC(O)CC(CN)c1ccc(Br)c(Cl)c1. The summed E-state index contributed by atoms with van der Waals surface area (Å²) in [4.78, 5) is 0. The third-order valence-corrected chi connectivity index (χ3v) is 3.56. The zero-order chi connectivity index (χ0) is 11.4. The molecule has 1 rings (SSSR count). The Bertz CT molecular complexity index is 330. The van der Waals surface area contributed by atoms with Crippen LogP contribution in [0, 0.1) is 0 Å². The number of aliphatic hydroxyl groups is 1. The zero-order valence-corrected chi connectivity index (χ0v) is 10.9. The van der Waals surface area contributed by atoms with E-state index in [1.807, 2.05) is 18.2 Å². The van der Waals surface area contributed by atoms with Crippen molar-refractivity contribution in [3.8, 4) is 0 Å². The number of hydrogen-bond donors (Lipinski definition) is 2. The van der Waals surface area contributed by atoms with Crippen molar-refractivity contribution in [2.45, 2.75) is 25.4 Å². The molecule has 0 aliphatic heterocycles. The molecule has 1 aromatic rings. The molecule has 3 N–H and O–H groups in total. The molecule has 2 nitrogen and oxygen atoms in total. The lowest BCUT2D eigenvalue weighted by Gasteiger charge is -2.17. The Morgan fingerprint density at radius 1 is 1.53 bits per heavy atom. The molecule has 1 aromatic carbocycles. The normalized spacial score (nSPS) is 15.0. The van der Waals surface area contributed by atoms with Crippen LogP contribution in [0.1, 0.15) is 24.8 Å². The Balaban J connectivity index is 2.87. The topological polar surface area (TPSA) is 46.2 Å². The van der Waals surface area contributed by atoms with Gasteiger partial charge in [0.15, 0.2) is 0 Å². The minimum Gasteiger partial charge on any atom is -0.393 e. The Kier molecular flexibility index (Phi) is 5.06. The first kappa shape index (κ1) is 13.0. The summed E-state index contributed by atoms with van der Waals surface area (Å²) in [6.45, 7) is 2.28. The summed E-state index contributed by atoms with van der Waals surface area (Å²) in [5, 5.41) is 10.0. The molecule has 0 saturated heterocycles. The van der Waals surface area contributed by atoms with Crippen LogP contribution in [0.3, 0.4) is 0 Å². The van der Waals surface area contributed by atoms with Gasteiger partial charge >= 0.3 is 0 Å². The molecule has 0 fully saturated rings. The smallest absolute Gasteiger partial charge is 0.0550 e. The van der Waals surface area contributed by atoms with Crippen molar-refractivity contribution >= 4 is 27.5 Å². The molecule has 0 aliphatic carbocycles. The molecule has 0 heterocycles. The summed E-state index contributed by atoms with van der Waals surface area (Å²) >= 11 is 9.34. The number of benzene rings is 1. The largest absolute Gasteiger partial charge is 0.393 e. The van der Waals surface area contributed by atoms with Crippen LogP contribution in [-0.4, -0.2) is 17.8 Å². The van der Waals surface area contributed by atoms with E-state index in [-0.39, 0.29) is 12.0 Å². The second kappa shape index (κ2) is 5.85. The van der Waals surface area contributed by atoms with E-state index < -0.39 is 0 Å². The molecule has 2 atom stereocenters. The molecule has 0 bridgehead atoms. The Hall–Kier alpha value is -0.0900. The number of halogens is 2. The highest BCUT2D eigenvalue weighted by atomic mass is 79.9. The fourth-order valence-corrected chi connectivity index (χ4v) is 1.98. The van der Waals surface area contributed by atoms with Crippen LogP contribution in [0.25, 0.3) is 0 Å². The van der Waals surface area contributed by atoms with Gasteiger partial charge in [-0.3, -0.25) is 0 Å². The van der Waals surface area contributed by atoms with Gasteiger partial charge in [-0.25, -0.2) is 0 Å². The van der Waals surface area contributed by atoms with Crippen LogP contribution in [-0.2, 0) is 0 Å². The number of hydrogen-bond acceptors (Lipinski definition) is 2. The lowest BCUT2D eigenvalue weighted by Crippen LogP contribution is -2.17. The molecule has 15 heavy (non-hydrogen) atoms. The van der Waals surface area contributed by atoms with Crippen LogP contribution in [0.5, 0.6) is 0 Å². The van der Waals surface area contributed by atoms with E-state index in [0.717, 1.165) is 10.0 Å². The van der Waals surface area contributed by atoms with Gasteiger partial charge in [0.2, 0.25) is 0 Å². The summed E-state index contributed by atoms with van der Waals surface area (Å²) in [5.41, 5.74) is 6.75. The predicted molar refractivity (Wildman–Crippen MR) is 67.2 cm³/mol. The zero-order valence-electron chi connectivity index (χ0n) is 8.58. The van der Waals surface area contributed by atoms with Crippen LogP contribution >= 0.6 is 27.5 Å². The van der Waals surface area contributed by atoms with Gasteiger partial charge in [0, 0.05) is 4.47 Å². The molecule has 4 heteroatoms. The maximum absolute atomic E-state index is 9.34. The molecule has 0 radical (unpaired) electrons. The van der Waals surface area contributed by atoms with Gasteiger partial charge in [-0.2, -0.15) is 0 Å². The number of nitrogens with two attached hydrogens (primary N) is 1. The average molecular weight is 293 g/mol. The first-order valence-corrected chi connectivity index (χ1v) is 6.04. The summed E-state index contributed by atoms with van der Waals surface area (Å²) in [5.74, 6) is 0.163. The summed E-state index contributed by atoms with van der Waals surface area (Å²) < 4.78 is 0.876. The highest BCUT2D eigenvalue weighted by molar-refractivity contribution is 9.10. The van der Waals surface area contributed by atoms with E-state index in [0.29, 0.717) is 18.0 Å². The molecule has 84 valence electrons. The van der Waals surface area contributed by atoms with E-state index >= 15 is 0 Å². The van der Waals surface area contributed by atoms with Gasteiger partial charge in [-0.05, 0) is 59.4 Å². The van der Waals surface area contributed by atoms with Crippen molar-refractivity contribution in [1.29, 1.82) is 0 Å². The van der Waals surface area contributed by atoms with Gasteiger partial charge in [-0.1, -0.05) is 17.7 Å².